The van der Waals surface area contributed by atoms with Crippen molar-refractivity contribution in [2.75, 3.05) is 5.32 Å². The van der Waals surface area contributed by atoms with Crippen LogP contribution in [0.5, 0.6) is 0 Å². The van der Waals surface area contributed by atoms with Gasteiger partial charge in [0.2, 0.25) is 0 Å². The second kappa shape index (κ2) is 4.54. The Hall–Kier alpha value is -2.21. The first-order valence-corrected chi connectivity index (χ1v) is 5.08. The molecule has 3 heteroatoms. The van der Waals surface area contributed by atoms with E-state index in [2.05, 4.69) is 11.4 Å². The van der Waals surface area contributed by atoms with Gasteiger partial charge in [-0.25, -0.2) is 0 Å². The molecule has 1 heterocycles. The van der Waals surface area contributed by atoms with Crippen LogP contribution in [-0.2, 0) is 6.54 Å². The molecule has 0 atom stereocenters. The Morgan fingerprint density at radius 1 is 1.25 bits per heavy atom. The van der Waals surface area contributed by atoms with Crippen molar-refractivity contribution < 1.29 is 4.42 Å². The number of nitrogens with one attached hydrogen (secondary N) is 1. The van der Waals surface area contributed by atoms with Crippen LogP contribution in [0.25, 0.3) is 0 Å². The van der Waals surface area contributed by atoms with E-state index in [1.54, 1.807) is 6.07 Å². The van der Waals surface area contributed by atoms with E-state index in [9.17, 15) is 0 Å². The minimum Gasteiger partial charge on any atom is -0.465 e. The van der Waals surface area contributed by atoms with Crippen molar-refractivity contribution in [2.24, 2.45) is 0 Å². The molecule has 0 saturated carbocycles. The molecule has 0 saturated heterocycles. The zero-order valence-corrected chi connectivity index (χ0v) is 9.03. The van der Waals surface area contributed by atoms with E-state index in [4.69, 9.17) is 9.68 Å². The zero-order chi connectivity index (χ0) is 11.4. The number of benzene rings is 1. The Balaban J connectivity index is 2.08. The van der Waals surface area contributed by atoms with Crippen LogP contribution in [0.3, 0.4) is 0 Å². The summed E-state index contributed by atoms with van der Waals surface area (Å²) in [5, 5.41) is 12.1. The Morgan fingerprint density at radius 2 is 2.06 bits per heavy atom. The topological polar surface area (TPSA) is 49.0 Å². The maximum Gasteiger partial charge on any atom is 0.123 e. The molecule has 0 amide bonds. The molecule has 1 N–H and O–H groups in total. The first-order chi connectivity index (χ1) is 7.79. The molecule has 80 valence electrons. The van der Waals surface area contributed by atoms with E-state index in [1.165, 1.54) is 0 Å². The number of aryl methyl sites for hydroxylation is 1. The molecule has 1 aromatic heterocycles. The van der Waals surface area contributed by atoms with E-state index < -0.39 is 0 Å². The van der Waals surface area contributed by atoms with Gasteiger partial charge in [-0.15, -0.1) is 0 Å². The van der Waals surface area contributed by atoms with Gasteiger partial charge in [0.05, 0.1) is 17.8 Å². The van der Waals surface area contributed by atoms with Gasteiger partial charge in [0.15, 0.2) is 0 Å². The SMILES string of the molecule is Cc1ccc(CNc2ccccc2C#N)o1. The summed E-state index contributed by atoms with van der Waals surface area (Å²) in [4.78, 5) is 0. The number of para-hydroxylation sites is 1. The van der Waals surface area contributed by atoms with E-state index >= 15 is 0 Å². The highest BCUT2D eigenvalue weighted by Gasteiger charge is 2.02. The number of hydrogen-bond donors (Lipinski definition) is 1. The third-order valence-electron chi connectivity index (χ3n) is 2.30. The number of hydrogen-bond acceptors (Lipinski definition) is 3. The van der Waals surface area contributed by atoms with Gasteiger partial charge in [0, 0.05) is 0 Å². The number of rotatable bonds is 3. The Labute approximate surface area is 94.3 Å². The summed E-state index contributed by atoms with van der Waals surface area (Å²) in [5.41, 5.74) is 1.48. The summed E-state index contributed by atoms with van der Waals surface area (Å²) < 4.78 is 5.43. The molecule has 1 aromatic carbocycles. The first kappa shape index (κ1) is 10.3. The Kier molecular flexibility index (Phi) is 2.93. The highest BCUT2D eigenvalue weighted by atomic mass is 16.3. The second-order valence-corrected chi connectivity index (χ2v) is 3.52. The van der Waals surface area contributed by atoms with Gasteiger partial charge in [-0.05, 0) is 31.2 Å². The van der Waals surface area contributed by atoms with E-state index in [0.717, 1.165) is 17.2 Å². The minimum absolute atomic E-state index is 0.590. The maximum atomic E-state index is 8.91. The van der Waals surface area contributed by atoms with Crippen molar-refractivity contribution in [2.45, 2.75) is 13.5 Å². The molecule has 0 radical (unpaired) electrons. The predicted molar refractivity (Wildman–Crippen MR) is 61.9 cm³/mol. The van der Waals surface area contributed by atoms with E-state index in [-0.39, 0.29) is 0 Å². The Bertz CT molecular complexity index is 523. The second-order valence-electron chi connectivity index (χ2n) is 3.52. The van der Waals surface area contributed by atoms with Crippen molar-refractivity contribution in [3.05, 3.63) is 53.5 Å². The van der Waals surface area contributed by atoms with Gasteiger partial charge in [0.25, 0.3) is 0 Å². The summed E-state index contributed by atoms with van der Waals surface area (Å²) >= 11 is 0. The van der Waals surface area contributed by atoms with Crippen molar-refractivity contribution in [1.82, 2.24) is 0 Å². The lowest BCUT2D eigenvalue weighted by Gasteiger charge is -2.05. The van der Waals surface area contributed by atoms with Crippen molar-refractivity contribution in [3.8, 4) is 6.07 Å². The fourth-order valence-corrected chi connectivity index (χ4v) is 1.50. The maximum absolute atomic E-state index is 8.91. The molecule has 0 aliphatic carbocycles. The van der Waals surface area contributed by atoms with Gasteiger partial charge >= 0.3 is 0 Å². The van der Waals surface area contributed by atoms with Gasteiger partial charge in [-0.3, -0.25) is 0 Å². The lowest BCUT2D eigenvalue weighted by molar-refractivity contribution is 0.490. The summed E-state index contributed by atoms with van der Waals surface area (Å²) in [6.45, 7) is 2.50. The fraction of sp³-hybridized carbons (Fsp3) is 0.154. The van der Waals surface area contributed by atoms with Crippen LogP contribution in [0.15, 0.2) is 40.8 Å². The highest BCUT2D eigenvalue weighted by Crippen LogP contribution is 2.15. The molecule has 0 bridgehead atoms. The summed E-state index contributed by atoms with van der Waals surface area (Å²) in [5.74, 6) is 1.76. The van der Waals surface area contributed by atoms with Crippen LogP contribution in [0.2, 0.25) is 0 Å². The van der Waals surface area contributed by atoms with Crippen LogP contribution < -0.4 is 5.32 Å². The molecule has 0 spiro atoms. The third kappa shape index (κ3) is 2.23. The molecule has 0 fully saturated rings. The van der Waals surface area contributed by atoms with Crippen molar-refractivity contribution >= 4 is 5.69 Å². The molecule has 16 heavy (non-hydrogen) atoms. The molecular formula is C13H12N2O. The monoisotopic (exact) mass is 212 g/mol. The van der Waals surface area contributed by atoms with Gasteiger partial charge in [-0.2, -0.15) is 5.26 Å². The van der Waals surface area contributed by atoms with Gasteiger partial charge < -0.3 is 9.73 Å². The summed E-state index contributed by atoms with van der Waals surface area (Å²) in [6.07, 6.45) is 0. The molecule has 2 aromatic rings. The van der Waals surface area contributed by atoms with Crippen molar-refractivity contribution in [1.29, 1.82) is 5.26 Å². The first-order valence-electron chi connectivity index (χ1n) is 5.08. The number of anilines is 1. The standard InChI is InChI=1S/C13H12N2O/c1-10-6-7-12(16-10)9-15-13-5-3-2-4-11(13)8-14/h2-7,15H,9H2,1H3. The fourth-order valence-electron chi connectivity index (χ4n) is 1.50. The average Bonchev–Trinajstić information content (AvgIpc) is 2.73. The number of nitrogens with zero attached hydrogens (tertiary/aromatic N) is 1. The molecular weight excluding hydrogens is 200 g/mol. The van der Waals surface area contributed by atoms with Crippen molar-refractivity contribution in [3.63, 3.8) is 0 Å². The van der Waals surface area contributed by atoms with Crippen LogP contribution in [0.1, 0.15) is 17.1 Å². The van der Waals surface area contributed by atoms with Crippen LogP contribution in [0, 0.1) is 18.3 Å². The number of nitriles is 1. The number of furan rings is 1. The largest absolute Gasteiger partial charge is 0.465 e. The quantitative estimate of drug-likeness (QED) is 0.850. The zero-order valence-electron chi connectivity index (χ0n) is 9.03. The van der Waals surface area contributed by atoms with Crippen LogP contribution in [-0.4, -0.2) is 0 Å². The molecule has 0 aliphatic heterocycles. The van der Waals surface area contributed by atoms with Crippen LogP contribution in [0.4, 0.5) is 5.69 Å². The average molecular weight is 212 g/mol. The predicted octanol–water partition coefficient (Wildman–Crippen LogP) is 3.07. The summed E-state index contributed by atoms with van der Waals surface area (Å²) in [7, 11) is 0. The lowest BCUT2D eigenvalue weighted by Crippen LogP contribution is -1.99. The smallest absolute Gasteiger partial charge is 0.123 e. The Morgan fingerprint density at radius 3 is 2.75 bits per heavy atom. The molecule has 0 aliphatic rings. The molecule has 0 unspecified atom stereocenters. The summed E-state index contributed by atoms with van der Waals surface area (Å²) in [6, 6.07) is 13.4. The molecule has 2 rings (SSSR count). The van der Waals surface area contributed by atoms with E-state index in [1.807, 2.05) is 37.3 Å². The van der Waals surface area contributed by atoms with E-state index in [0.29, 0.717) is 12.1 Å². The van der Waals surface area contributed by atoms with Gasteiger partial charge in [-0.1, -0.05) is 12.1 Å². The minimum atomic E-state index is 0.590. The normalized spacial score (nSPS) is 9.75. The molecule has 3 nitrogen and oxygen atoms in total. The van der Waals surface area contributed by atoms with Crippen LogP contribution >= 0.6 is 0 Å². The van der Waals surface area contributed by atoms with Gasteiger partial charge in [0.1, 0.15) is 17.6 Å². The third-order valence-corrected chi connectivity index (χ3v) is 2.30. The highest BCUT2D eigenvalue weighted by molar-refractivity contribution is 5.57. The lowest BCUT2D eigenvalue weighted by atomic mass is 10.2.